The average Bonchev–Trinajstić information content (AvgIpc) is 2.26. The van der Waals surface area contributed by atoms with Gasteiger partial charge in [0.2, 0.25) is 0 Å². The van der Waals surface area contributed by atoms with Crippen molar-refractivity contribution < 1.29 is 9.90 Å². The molecule has 0 spiro atoms. The van der Waals surface area contributed by atoms with Crippen LogP contribution in [0.1, 0.15) is 19.4 Å². The molecular weight excluding hydrogens is 202 g/mol. The molecule has 1 atom stereocenters. The summed E-state index contributed by atoms with van der Waals surface area (Å²) < 4.78 is 0. The van der Waals surface area contributed by atoms with Crippen LogP contribution in [0.5, 0.6) is 0 Å². The quantitative estimate of drug-likeness (QED) is 0.798. The summed E-state index contributed by atoms with van der Waals surface area (Å²) in [5.41, 5.74) is 5.83. The molecule has 0 saturated carbocycles. The zero-order valence-electron chi connectivity index (χ0n) is 9.81. The van der Waals surface area contributed by atoms with Gasteiger partial charge in [0.25, 0.3) is 0 Å². The topological polar surface area (TPSA) is 63.3 Å². The minimum Gasteiger partial charge on any atom is -0.481 e. The van der Waals surface area contributed by atoms with Crippen LogP contribution in [0, 0.1) is 11.3 Å². The summed E-state index contributed by atoms with van der Waals surface area (Å²) in [6.45, 7) is 3.97. The molecule has 1 unspecified atom stereocenters. The molecule has 0 aliphatic rings. The van der Waals surface area contributed by atoms with Crippen molar-refractivity contribution in [3.63, 3.8) is 0 Å². The summed E-state index contributed by atoms with van der Waals surface area (Å²) >= 11 is 0. The Hall–Kier alpha value is -1.35. The summed E-state index contributed by atoms with van der Waals surface area (Å²) in [5, 5.41) is 9.38. The molecule has 1 aromatic rings. The molecule has 0 amide bonds. The van der Waals surface area contributed by atoms with Crippen molar-refractivity contribution in [2.24, 2.45) is 17.1 Å². The van der Waals surface area contributed by atoms with Crippen molar-refractivity contribution in [1.29, 1.82) is 0 Å². The van der Waals surface area contributed by atoms with E-state index in [4.69, 9.17) is 5.73 Å². The highest BCUT2D eigenvalue weighted by Gasteiger charge is 2.40. The van der Waals surface area contributed by atoms with Gasteiger partial charge in [-0.3, -0.25) is 4.79 Å². The van der Waals surface area contributed by atoms with E-state index in [2.05, 4.69) is 0 Å². The van der Waals surface area contributed by atoms with Crippen LogP contribution in [0.25, 0.3) is 0 Å². The van der Waals surface area contributed by atoms with Gasteiger partial charge < -0.3 is 10.8 Å². The third-order valence-electron chi connectivity index (χ3n) is 3.26. The van der Waals surface area contributed by atoms with E-state index >= 15 is 0 Å². The van der Waals surface area contributed by atoms with E-state index in [9.17, 15) is 9.90 Å². The number of rotatable bonds is 5. The Labute approximate surface area is 96.3 Å². The lowest BCUT2D eigenvalue weighted by molar-refractivity contribution is -0.151. The van der Waals surface area contributed by atoms with Gasteiger partial charge in [-0.25, -0.2) is 0 Å². The zero-order valence-corrected chi connectivity index (χ0v) is 9.81. The second kappa shape index (κ2) is 5.12. The lowest BCUT2D eigenvalue weighted by Gasteiger charge is -2.32. The van der Waals surface area contributed by atoms with Gasteiger partial charge in [0.05, 0.1) is 5.41 Å². The van der Waals surface area contributed by atoms with Gasteiger partial charge in [0.15, 0.2) is 0 Å². The number of carboxylic acid groups (broad SMARTS) is 1. The maximum absolute atomic E-state index is 11.4. The molecule has 3 nitrogen and oxygen atoms in total. The molecule has 88 valence electrons. The Morgan fingerprint density at radius 3 is 2.31 bits per heavy atom. The van der Waals surface area contributed by atoms with Crippen LogP contribution in [-0.4, -0.2) is 17.6 Å². The Bertz CT molecular complexity index is 348. The number of carbonyl (C=O) groups is 1. The summed E-state index contributed by atoms with van der Waals surface area (Å²) in [6.07, 6.45) is 0.483. The van der Waals surface area contributed by atoms with E-state index in [1.54, 1.807) is 0 Å². The first-order chi connectivity index (χ1) is 7.53. The highest BCUT2D eigenvalue weighted by molar-refractivity contribution is 5.75. The molecule has 3 N–H and O–H groups in total. The molecule has 16 heavy (non-hydrogen) atoms. The predicted octanol–water partition coefficient (Wildman–Crippen LogP) is 1.91. The lowest BCUT2D eigenvalue weighted by Crippen LogP contribution is -2.44. The molecule has 3 heteroatoms. The number of hydrogen-bond acceptors (Lipinski definition) is 2. The van der Waals surface area contributed by atoms with Crippen molar-refractivity contribution in [1.82, 2.24) is 0 Å². The second-order valence-corrected chi connectivity index (χ2v) is 4.48. The molecule has 0 radical (unpaired) electrons. The fourth-order valence-corrected chi connectivity index (χ4v) is 1.88. The maximum Gasteiger partial charge on any atom is 0.311 e. The van der Waals surface area contributed by atoms with E-state index in [-0.39, 0.29) is 12.5 Å². The number of nitrogens with two attached hydrogens (primary N) is 1. The third kappa shape index (κ3) is 2.42. The average molecular weight is 221 g/mol. The molecule has 1 rings (SSSR count). The van der Waals surface area contributed by atoms with Gasteiger partial charge in [-0.2, -0.15) is 0 Å². The van der Waals surface area contributed by atoms with Crippen LogP contribution in [0.15, 0.2) is 30.3 Å². The van der Waals surface area contributed by atoms with E-state index in [0.29, 0.717) is 6.42 Å². The molecule has 0 fully saturated rings. The SMILES string of the molecule is CC(C)C(CN)(Cc1ccccc1)C(=O)O. The molecule has 0 aromatic heterocycles. The second-order valence-electron chi connectivity index (χ2n) is 4.48. The van der Waals surface area contributed by atoms with Gasteiger partial charge in [0.1, 0.15) is 0 Å². The number of carboxylic acids is 1. The standard InChI is InChI=1S/C13H19NO2/c1-10(2)13(9-14,12(15)16)8-11-6-4-3-5-7-11/h3-7,10H,8-9,14H2,1-2H3,(H,15,16). The number of aliphatic carboxylic acids is 1. The van der Waals surface area contributed by atoms with E-state index in [0.717, 1.165) is 5.56 Å². The van der Waals surface area contributed by atoms with Crippen molar-refractivity contribution in [3.8, 4) is 0 Å². The highest BCUT2D eigenvalue weighted by Crippen LogP contribution is 2.31. The molecule has 0 bridgehead atoms. The van der Waals surface area contributed by atoms with E-state index in [1.807, 2.05) is 44.2 Å². The summed E-state index contributed by atoms with van der Waals surface area (Å²) in [7, 11) is 0. The van der Waals surface area contributed by atoms with Crippen LogP contribution in [-0.2, 0) is 11.2 Å². The van der Waals surface area contributed by atoms with Crippen molar-refractivity contribution in [2.45, 2.75) is 20.3 Å². The first-order valence-corrected chi connectivity index (χ1v) is 5.50. The highest BCUT2D eigenvalue weighted by atomic mass is 16.4. The molecule has 0 aliphatic heterocycles. The number of benzene rings is 1. The summed E-state index contributed by atoms with van der Waals surface area (Å²) in [5.74, 6) is -0.802. The van der Waals surface area contributed by atoms with Gasteiger partial charge in [-0.15, -0.1) is 0 Å². The first-order valence-electron chi connectivity index (χ1n) is 5.50. The van der Waals surface area contributed by atoms with Crippen LogP contribution in [0.3, 0.4) is 0 Å². The smallest absolute Gasteiger partial charge is 0.311 e. The van der Waals surface area contributed by atoms with Gasteiger partial charge in [0, 0.05) is 6.54 Å². The zero-order chi connectivity index (χ0) is 12.2. The Morgan fingerprint density at radius 2 is 1.94 bits per heavy atom. The van der Waals surface area contributed by atoms with Gasteiger partial charge in [-0.1, -0.05) is 44.2 Å². The van der Waals surface area contributed by atoms with Gasteiger partial charge in [-0.05, 0) is 17.9 Å². The lowest BCUT2D eigenvalue weighted by atomic mass is 9.73. The monoisotopic (exact) mass is 221 g/mol. The van der Waals surface area contributed by atoms with E-state index < -0.39 is 11.4 Å². The van der Waals surface area contributed by atoms with Crippen LogP contribution in [0.2, 0.25) is 0 Å². The third-order valence-corrected chi connectivity index (χ3v) is 3.26. The van der Waals surface area contributed by atoms with E-state index in [1.165, 1.54) is 0 Å². The predicted molar refractivity (Wildman–Crippen MR) is 64.1 cm³/mol. The molecular formula is C13H19NO2. The largest absolute Gasteiger partial charge is 0.481 e. The minimum atomic E-state index is -0.860. The maximum atomic E-state index is 11.4. The van der Waals surface area contributed by atoms with Crippen LogP contribution in [0.4, 0.5) is 0 Å². The van der Waals surface area contributed by atoms with Crippen LogP contribution < -0.4 is 5.73 Å². The Balaban J connectivity index is 3.00. The van der Waals surface area contributed by atoms with Crippen molar-refractivity contribution in [3.05, 3.63) is 35.9 Å². The summed E-state index contributed by atoms with van der Waals surface area (Å²) in [6, 6.07) is 9.63. The van der Waals surface area contributed by atoms with Crippen molar-refractivity contribution >= 4 is 5.97 Å². The van der Waals surface area contributed by atoms with Crippen LogP contribution >= 0.6 is 0 Å². The molecule has 1 aromatic carbocycles. The minimum absolute atomic E-state index is 0.00945. The van der Waals surface area contributed by atoms with Gasteiger partial charge >= 0.3 is 5.97 Å². The van der Waals surface area contributed by atoms with Crippen molar-refractivity contribution in [2.75, 3.05) is 6.54 Å². The summed E-state index contributed by atoms with van der Waals surface area (Å²) in [4.78, 5) is 11.4. The molecule has 0 saturated heterocycles. The number of hydrogen-bond donors (Lipinski definition) is 2. The Morgan fingerprint density at radius 1 is 1.38 bits per heavy atom. The Kier molecular flexibility index (Phi) is 4.07. The normalized spacial score (nSPS) is 14.8. The molecule has 0 heterocycles. The fraction of sp³-hybridized carbons (Fsp3) is 0.462. The first kappa shape index (κ1) is 12.7. The fourth-order valence-electron chi connectivity index (χ4n) is 1.88. The molecule has 0 aliphatic carbocycles.